The molecule has 3 atom stereocenters. The summed E-state index contributed by atoms with van der Waals surface area (Å²) in [7, 11) is 0. The van der Waals surface area contributed by atoms with Gasteiger partial charge in [0.1, 0.15) is 11.6 Å². The lowest BCUT2D eigenvalue weighted by atomic mass is 9.78. The van der Waals surface area contributed by atoms with Gasteiger partial charge in [-0.05, 0) is 12.5 Å². The molecule has 1 aromatic carbocycles. The van der Waals surface area contributed by atoms with Crippen LogP contribution in [0.3, 0.4) is 0 Å². The molecule has 0 saturated heterocycles. The molecule has 11 heteroatoms. The van der Waals surface area contributed by atoms with Gasteiger partial charge in [0.2, 0.25) is 0 Å². The summed E-state index contributed by atoms with van der Waals surface area (Å²) in [6.07, 6.45) is -17.4. The van der Waals surface area contributed by atoms with Crippen molar-refractivity contribution in [3.05, 3.63) is 35.4 Å². The van der Waals surface area contributed by atoms with E-state index in [1.54, 1.807) is 0 Å². The molecule has 0 radical (unpaired) electrons. The smallest absolute Gasteiger partial charge is 0.362 e. The maximum absolute atomic E-state index is 13.3. The zero-order chi connectivity index (χ0) is 19.4. The van der Waals surface area contributed by atoms with Crippen LogP contribution in [0.15, 0.2) is 29.3 Å². The number of alkyl halides is 9. The van der Waals surface area contributed by atoms with E-state index in [-0.39, 0.29) is 0 Å². The van der Waals surface area contributed by atoms with Crippen LogP contribution in [0.5, 0.6) is 0 Å². The maximum Gasteiger partial charge on any atom is 0.439 e. The largest absolute Gasteiger partial charge is 0.439 e. The number of benzene rings is 1. The highest BCUT2D eigenvalue weighted by atomic mass is 19.4. The predicted molar refractivity (Wildman–Crippen MR) is 68.0 cm³/mol. The Bertz CT molecular complexity index is 672. The fourth-order valence-electron chi connectivity index (χ4n) is 2.73. The molecular weight excluding hydrogens is 369 g/mol. The van der Waals surface area contributed by atoms with Crippen molar-refractivity contribution in [2.75, 3.05) is 0 Å². The molecule has 25 heavy (non-hydrogen) atoms. The van der Waals surface area contributed by atoms with Crippen molar-refractivity contribution in [2.24, 2.45) is 10.9 Å². The van der Waals surface area contributed by atoms with Gasteiger partial charge in [0.25, 0.3) is 5.72 Å². The van der Waals surface area contributed by atoms with Crippen LogP contribution in [-0.2, 0) is 0 Å². The lowest BCUT2D eigenvalue weighted by Crippen LogP contribution is -2.54. The average molecular weight is 379 g/mol. The summed E-state index contributed by atoms with van der Waals surface area (Å²) in [5, 5.41) is 9.51. The van der Waals surface area contributed by atoms with Gasteiger partial charge < -0.3 is 5.11 Å². The molecule has 0 fully saturated rings. The summed E-state index contributed by atoms with van der Waals surface area (Å²) < 4.78 is 118. The zero-order valence-corrected chi connectivity index (χ0v) is 12.3. The molecule has 2 rings (SSSR count). The highest BCUT2D eigenvalue weighted by molar-refractivity contribution is 5.98. The van der Waals surface area contributed by atoms with E-state index in [0.717, 1.165) is 24.3 Å². The van der Waals surface area contributed by atoms with Crippen molar-refractivity contribution in [1.82, 2.24) is 0 Å². The summed E-state index contributed by atoms with van der Waals surface area (Å²) in [5.74, 6) is -6.66. The van der Waals surface area contributed by atoms with E-state index in [1.165, 1.54) is 6.92 Å². The number of aryl methyl sites for hydroxylation is 1. The molecular formula is C14H10F9NO. The zero-order valence-electron chi connectivity index (χ0n) is 12.3. The third-order valence-electron chi connectivity index (χ3n) is 3.85. The molecule has 1 aromatic rings. The van der Waals surface area contributed by atoms with Crippen LogP contribution < -0.4 is 0 Å². The fourth-order valence-corrected chi connectivity index (χ4v) is 2.73. The second-order valence-electron chi connectivity index (χ2n) is 5.63. The molecule has 2 nitrogen and oxygen atoms in total. The van der Waals surface area contributed by atoms with Crippen LogP contribution in [0.25, 0.3) is 0 Å². The molecule has 140 valence electrons. The van der Waals surface area contributed by atoms with Crippen LogP contribution in [0.4, 0.5) is 39.5 Å². The number of rotatable bonds is 1. The molecule has 0 amide bonds. The van der Waals surface area contributed by atoms with E-state index in [9.17, 15) is 44.6 Å². The molecule has 1 aliphatic rings. The van der Waals surface area contributed by atoms with Crippen LogP contribution in [-0.4, -0.2) is 35.1 Å². The normalized spacial score (nSPS) is 28.2. The topological polar surface area (TPSA) is 32.6 Å². The third-order valence-corrected chi connectivity index (χ3v) is 3.85. The third kappa shape index (κ3) is 3.33. The Morgan fingerprint density at radius 2 is 1.40 bits per heavy atom. The van der Waals surface area contributed by atoms with Gasteiger partial charge in [-0.3, -0.25) is 0 Å². The molecule has 0 aliphatic carbocycles. The van der Waals surface area contributed by atoms with Gasteiger partial charge in [0.05, 0.1) is 0 Å². The minimum atomic E-state index is -6.05. The first-order valence-electron chi connectivity index (χ1n) is 6.68. The number of aliphatic imine (C=N–C) groups is 1. The molecule has 0 spiro atoms. The van der Waals surface area contributed by atoms with Gasteiger partial charge in [-0.2, -0.15) is 39.5 Å². The van der Waals surface area contributed by atoms with Crippen molar-refractivity contribution in [3.63, 3.8) is 0 Å². The SMILES string of the molecule is Cc1ccc(C2C(C(F)(F)F)=N[C@](O)(C(F)(F)F)[C@H]2C(F)(F)F)cc1. The molecule has 0 aromatic heterocycles. The van der Waals surface area contributed by atoms with E-state index in [1.807, 2.05) is 0 Å². The number of halogens is 9. The Morgan fingerprint density at radius 1 is 0.920 bits per heavy atom. The van der Waals surface area contributed by atoms with Crippen LogP contribution in [0.1, 0.15) is 17.0 Å². The minimum Gasteiger partial charge on any atom is -0.362 e. The van der Waals surface area contributed by atoms with Crippen molar-refractivity contribution in [1.29, 1.82) is 0 Å². The predicted octanol–water partition coefficient (Wildman–Crippen LogP) is 4.52. The molecule has 1 unspecified atom stereocenters. The molecule has 1 aliphatic heterocycles. The fraction of sp³-hybridized carbons (Fsp3) is 0.500. The lowest BCUT2D eigenvalue weighted by molar-refractivity contribution is -0.319. The first-order valence-corrected chi connectivity index (χ1v) is 6.68. The monoisotopic (exact) mass is 379 g/mol. The second kappa shape index (κ2) is 5.61. The van der Waals surface area contributed by atoms with Crippen LogP contribution in [0.2, 0.25) is 0 Å². The first kappa shape index (κ1) is 19.5. The van der Waals surface area contributed by atoms with Gasteiger partial charge >= 0.3 is 18.5 Å². The highest BCUT2D eigenvalue weighted by Crippen LogP contribution is 2.57. The summed E-state index contributed by atoms with van der Waals surface area (Å²) in [6, 6.07) is 4.01. The second-order valence-corrected chi connectivity index (χ2v) is 5.63. The minimum absolute atomic E-state index is 0.474. The Hall–Kier alpha value is -1.78. The number of aliphatic hydroxyl groups is 1. The number of hydrogen-bond donors (Lipinski definition) is 1. The quantitative estimate of drug-likeness (QED) is 0.715. The van der Waals surface area contributed by atoms with Gasteiger partial charge in [-0.1, -0.05) is 29.8 Å². The van der Waals surface area contributed by atoms with Gasteiger partial charge in [-0.15, -0.1) is 0 Å². The molecule has 0 bridgehead atoms. The average Bonchev–Trinajstić information content (AvgIpc) is 2.74. The highest BCUT2D eigenvalue weighted by Gasteiger charge is 2.74. The Morgan fingerprint density at radius 3 is 1.76 bits per heavy atom. The van der Waals surface area contributed by atoms with E-state index < -0.39 is 47.4 Å². The number of nitrogens with zero attached hydrogens (tertiary/aromatic N) is 1. The van der Waals surface area contributed by atoms with E-state index in [2.05, 4.69) is 4.99 Å². The van der Waals surface area contributed by atoms with E-state index >= 15 is 0 Å². The molecule has 1 heterocycles. The van der Waals surface area contributed by atoms with Crippen LogP contribution in [0, 0.1) is 12.8 Å². The summed E-state index contributed by atoms with van der Waals surface area (Å²) in [5.41, 5.74) is -7.45. The lowest BCUT2D eigenvalue weighted by Gasteiger charge is -2.34. The van der Waals surface area contributed by atoms with Gasteiger partial charge in [0.15, 0.2) is 0 Å². The Kier molecular flexibility index (Phi) is 4.39. The Labute approximate surface area is 135 Å². The summed E-state index contributed by atoms with van der Waals surface area (Å²) >= 11 is 0. The molecule has 1 N–H and O–H groups in total. The van der Waals surface area contributed by atoms with Crippen molar-refractivity contribution >= 4 is 5.71 Å². The maximum atomic E-state index is 13.3. The Balaban J connectivity index is 2.75. The van der Waals surface area contributed by atoms with E-state index in [4.69, 9.17) is 0 Å². The summed E-state index contributed by atoms with van der Waals surface area (Å²) in [4.78, 5) is 2.09. The summed E-state index contributed by atoms with van der Waals surface area (Å²) in [6.45, 7) is 1.49. The van der Waals surface area contributed by atoms with Crippen molar-refractivity contribution in [2.45, 2.75) is 37.1 Å². The van der Waals surface area contributed by atoms with Gasteiger partial charge in [0, 0.05) is 5.92 Å². The van der Waals surface area contributed by atoms with Crippen molar-refractivity contribution < 1.29 is 44.6 Å². The van der Waals surface area contributed by atoms with Crippen molar-refractivity contribution in [3.8, 4) is 0 Å². The van der Waals surface area contributed by atoms with Gasteiger partial charge in [-0.25, -0.2) is 4.99 Å². The standard InChI is InChI=1S/C14H10F9NO/c1-6-2-4-7(5-3-6)8-9(12(15,16)17)11(25,14(21,22)23)24-10(8)13(18,19)20/h2-5,8-9,25H,1H3/t8?,9-,11+/m0/s1. The number of hydrogen-bond acceptors (Lipinski definition) is 2. The van der Waals surface area contributed by atoms with E-state index in [0.29, 0.717) is 5.56 Å². The van der Waals surface area contributed by atoms with Crippen LogP contribution >= 0.6 is 0 Å². The molecule has 0 saturated carbocycles. The first-order chi connectivity index (χ1) is 11.1.